The zero-order valence-electron chi connectivity index (χ0n) is 29.2. The highest BCUT2D eigenvalue weighted by atomic mass is 16.5. The molecule has 6 atom stereocenters. The van der Waals surface area contributed by atoms with Gasteiger partial charge < -0.3 is 4.74 Å². The van der Waals surface area contributed by atoms with Crippen LogP contribution in [0.1, 0.15) is 75.3 Å². The van der Waals surface area contributed by atoms with Crippen molar-refractivity contribution in [2.45, 2.75) is 76.3 Å². The fraction of sp³-hybridized carbons (Fsp3) is 0.478. The van der Waals surface area contributed by atoms with Crippen LogP contribution in [-0.4, -0.2) is 61.3 Å². The molecule has 2 heterocycles. The molecule has 4 bridgehead atoms. The van der Waals surface area contributed by atoms with Crippen molar-refractivity contribution in [3.05, 3.63) is 107 Å². The summed E-state index contributed by atoms with van der Waals surface area (Å²) >= 11 is 0. The van der Waals surface area contributed by atoms with Gasteiger partial charge in [0.1, 0.15) is 0 Å². The van der Waals surface area contributed by atoms with E-state index in [1.807, 2.05) is 0 Å². The maximum absolute atomic E-state index is 6.72. The van der Waals surface area contributed by atoms with Crippen LogP contribution in [0.3, 0.4) is 0 Å². The monoisotopic (exact) mass is 648 g/mol. The van der Waals surface area contributed by atoms with Crippen molar-refractivity contribution in [3.8, 4) is 0 Å². The fourth-order valence-electron chi connectivity index (χ4n) is 11.4. The first-order chi connectivity index (χ1) is 24.2. The lowest BCUT2D eigenvalue weighted by Gasteiger charge is -2.31. The minimum atomic E-state index is 0.562. The van der Waals surface area contributed by atoms with E-state index in [4.69, 9.17) is 4.74 Å². The molecular formula is C46H52N2O. The normalized spacial score (nSPS) is 30.0. The predicted octanol–water partition coefficient (Wildman–Crippen LogP) is 10.0. The number of benzene rings is 4. The lowest BCUT2D eigenvalue weighted by molar-refractivity contribution is 0.0460. The highest BCUT2D eigenvalue weighted by Gasteiger charge is 2.42. The molecule has 0 spiro atoms. The molecule has 49 heavy (non-hydrogen) atoms. The van der Waals surface area contributed by atoms with Crippen LogP contribution in [0, 0.1) is 23.7 Å². The number of ether oxygens (including phenoxy) is 1. The molecular weight excluding hydrogens is 597 g/mol. The maximum Gasteiger partial charge on any atom is 0.0622 e. The van der Waals surface area contributed by atoms with E-state index in [-0.39, 0.29) is 0 Å². The Morgan fingerprint density at radius 1 is 0.490 bits per heavy atom. The quantitative estimate of drug-likeness (QED) is 0.170. The van der Waals surface area contributed by atoms with Gasteiger partial charge in [0.2, 0.25) is 0 Å². The first kappa shape index (κ1) is 30.6. The Morgan fingerprint density at radius 3 is 1.43 bits per heavy atom. The third kappa shape index (κ3) is 5.61. The number of fused-ring (bicyclic) bond motifs is 6. The lowest BCUT2D eigenvalue weighted by Crippen LogP contribution is -2.39. The number of likely N-dealkylation sites (tertiary alicyclic amines) is 2. The summed E-state index contributed by atoms with van der Waals surface area (Å²) in [5.74, 6) is 3.11. The number of allylic oxidation sites excluding steroid dienone is 2. The third-order valence-corrected chi connectivity index (χ3v) is 13.8. The van der Waals surface area contributed by atoms with Crippen LogP contribution < -0.4 is 0 Å². The van der Waals surface area contributed by atoms with Gasteiger partial charge in [0, 0.05) is 25.2 Å². The zero-order chi connectivity index (χ0) is 32.3. The molecule has 2 aliphatic heterocycles. The Kier molecular flexibility index (Phi) is 8.00. The molecule has 0 aromatic heterocycles. The van der Waals surface area contributed by atoms with Gasteiger partial charge in [-0.05, 0) is 168 Å². The van der Waals surface area contributed by atoms with Gasteiger partial charge in [-0.15, -0.1) is 0 Å². The van der Waals surface area contributed by atoms with Gasteiger partial charge in [-0.1, -0.05) is 72.8 Å². The van der Waals surface area contributed by atoms with E-state index >= 15 is 0 Å². The second kappa shape index (κ2) is 12.8. The first-order valence-corrected chi connectivity index (χ1v) is 19.8. The fourth-order valence-corrected chi connectivity index (χ4v) is 11.4. The van der Waals surface area contributed by atoms with Gasteiger partial charge in [0.05, 0.1) is 13.2 Å². The molecule has 3 heteroatoms. The second-order valence-electron chi connectivity index (χ2n) is 16.5. The molecule has 2 saturated heterocycles. The van der Waals surface area contributed by atoms with E-state index in [1.54, 1.807) is 22.3 Å². The highest BCUT2D eigenvalue weighted by molar-refractivity contribution is 5.89. The van der Waals surface area contributed by atoms with E-state index in [1.165, 1.54) is 110 Å². The molecule has 0 radical (unpaired) electrons. The average molecular weight is 649 g/mol. The molecule has 4 aromatic carbocycles. The maximum atomic E-state index is 6.72. The number of rotatable bonds is 10. The van der Waals surface area contributed by atoms with Gasteiger partial charge in [-0.2, -0.15) is 0 Å². The Morgan fingerprint density at radius 2 is 0.939 bits per heavy atom. The summed E-state index contributed by atoms with van der Waals surface area (Å²) in [4.78, 5) is 5.61. The third-order valence-electron chi connectivity index (χ3n) is 13.8. The van der Waals surface area contributed by atoms with Crippen LogP contribution in [-0.2, 0) is 4.74 Å². The van der Waals surface area contributed by atoms with Crippen LogP contribution in [0.15, 0.2) is 96.1 Å². The van der Waals surface area contributed by atoms with E-state index in [9.17, 15) is 0 Å². The Bertz CT molecular complexity index is 1800. The lowest BCUT2D eigenvalue weighted by atomic mass is 9.86. The second-order valence-corrected chi connectivity index (χ2v) is 16.5. The molecule has 4 aromatic rings. The van der Waals surface area contributed by atoms with Crippen LogP contribution in [0.4, 0.5) is 0 Å². The Balaban J connectivity index is 0.813. The molecule has 2 saturated carbocycles. The number of nitrogens with zero attached hydrogens (tertiary/aromatic N) is 2. The number of hydrogen-bond acceptors (Lipinski definition) is 3. The van der Waals surface area contributed by atoms with Crippen LogP contribution in [0.2, 0.25) is 0 Å². The number of hydrogen-bond donors (Lipinski definition) is 0. The zero-order valence-corrected chi connectivity index (χ0v) is 29.2. The van der Waals surface area contributed by atoms with E-state index in [0.29, 0.717) is 12.1 Å². The topological polar surface area (TPSA) is 15.7 Å². The minimum absolute atomic E-state index is 0.562. The minimum Gasteiger partial charge on any atom is -0.378 e. The predicted molar refractivity (Wildman–Crippen MR) is 203 cm³/mol. The summed E-state index contributed by atoms with van der Waals surface area (Å²) in [6.45, 7) is 6.55. The first-order valence-electron chi connectivity index (χ1n) is 19.8. The largest absolute Gasteiger partial charge is 0.378 e. The smallest absolute Gasteiger partial charge is 0.0622 e. The highest BCUT2D eigenvalue weighted by Crippen LogP contribution is 2.54. The van der Waals surface area contributed by atoms with Crippen molar-refractivity contribution in [2.75, 3.05) is 39.4 Å². The molecule has 252 valence electrons. The van der Waals surface area contributed by atoms with E-state index < -0.39 is 0 Å². The van der Waals surface area contributed by atoms with Crippen molar-refractivity contribution in [1.29, 1.82) is 0 Å². The van der Waals surface area contributed by atoms with Crippen molar-refractivity contribution in [3.63, 3.8) is 0 Å². The van der Waals surface area contributed by atoms with Gasteiger partial charge >= 0.3 is 0 Å². The summed E-state index contributed by atoms with van der Waals surface area (Å²) in [7, 11) is 0. The van der Waals surface area contributed by atoms with E-state index in [0.717, 1.165) is 50.0 Å². The summed E-state index contributed by atoms with van der Waals surface area (Å²) < 4.78 is 6.72. The summed E-state index contributed by atoms with van der Waals surface area (Å²) in [6, 6.07) is 33.3. The van der Waals surface area contributed by atoms with Crippen molar-refractivity contribution >= 4 is 32.7 Å². The molecule has 0 N–H and O–H groups in total. The summed E-state index contributed by atoms with van der Waals surface area (Å²) in [5, 5.41) is 5.47. The van der Waals surface area contributed by atoms with Crippen molar-refractivity contribution in [2.24, 2.45) is 23.7 Å². The molecule has 4 unspecified atom stereocenters. The van der Waals surface area contributed by atoms with Gasteiger partial charge in [-0.3, -0.25) is 9.80 Å². The summed E-state index contributed by atoms with van der Waals surface area (Å²) in [5.41, 5.74) is 9.91. The molecule has 3 nitrogen and oxygen atoms in total. The summed E-state index contributed by atoms with van der Waals surface area (Å²) in [6.07, 6.45) is 13.5. The molecule has 4 aliphatic carbocycles. The standard InChI is InChI=1S/C46H52N2O/c1-3-9-33-23-37(17-13-31(33)7-1)45-39-19-15-35(25-39)43(45)27-47-21-5-11-41(47)29-49-30-42-12-6-22-48(42)28-44-36-16-20-40(26-36)46(44)38-18-14-32-8-2-4-10-34(32)24-38/h1-4,7-10,13-14,17-18,23-24,35-36,39-42H,5-6,11-12,15-16,19-22,25-30H2/t35?,36?,39?,40?,41-,42-/m0/s1. The molecule has 10 rings (SSSR count). The molecule has 4 fully saturated rings. The van der Waals surface area contributed by atoms with Crippen molar-refractivity contribution < 1.29 is 4.74 Å². The van der Waals surface area contributed by atoms with Crippen LogP contribution in [0.5, 0.6) is 0 Å². The molecule has 6 aliphatic rings. The SMILES string of the molecule is c1ccc2cc(C3=C(CN4CCC[C@H]4COC[C@@H]4CCCN4CC4=C(c5ccc6ccccc6c5)C5CCC4C5)C4CCC3C4)ccc2c1. The van der Waals surface area contributed by atoms with Crippen LogP contribution in [0.25, 0.3) is 32.7 Å². The Hall–Kier alpha value is -3.24. The van der Waals surface area contributed by atoms with E-state index in [2.05, 4.69) is 94.7 Å². The average Bonchev–Trinajstić information content (AvgIpc) is 4.00. The Labute approximate surface area is 293 Å². The van der Waals surface area contributed by atoms with Crippen molar-refractivity contribution in [1.82, 2.24) is 9.80 Å². The van der Waals surface area contributed by atoms with Gasteiger partial charge in [0.25, 0.3) is 0 Å². The molecule has 0 amide bonds. The van der Waals surface area contributed by atoms with Gasteiger partial charge in [0.15, 0.2) is 0 Å². The van der Waals surface area contributed by atoms with Crippen LogP contribution >= 0.6 is 0 Å². The van der Waals surface area contributed by atoms with Gasteiger partial charge in [-0.25, -0.2) is 0 Å².